The van der Waals surface area contributed by atoms with Gasteiger partial charge in [0.05, 0.1) is 11.9 Å². The number of para-hydroxylation sites is 2. The first-order valence-electron chi connectivity index (χ1n) is 10.2. The number of nitrogen functional groups attached to an aromatic ring is 2. The predicted octanol–water partition coefficient (Wildman–Crippen LogP) is 5.25. The van der Waals surface area contributed by atoms with Crippen LogP contribution in [-0.4, -0.2) is 19.9 Å². The summed E-state index contributed by atoms with van der Waals surface area (Å²) in [5.74, 6) is 1.03. The summed E-state index contributed by atoms with van der Waals surface area (Å²) in [6, 6.07) is 20.5. The normalized spacial score (nSPS) is 10.8. The van der Waals surface area contributed by atoms with Crippen LogP contribution >= 0.6 is 0 Å². The van der Waals surface area contributed by atoms with Crippen molar-refractivity contribution >= 4 is 33.6 Å². The maximum Gasteiger partial charge on any atom is 0.246 e. The van der Waals surface area contributed by atoms with Crippen molar-refractivity contribution in [1.82, 2.24) is 19.9 Å². The van der Waals surface area contributed by atoms with Gasteiger partial charge >= 0.3 is 0 Å². The maximum absolute atomic E-state index is 5.67. The first-order chi connectivity index (χ1) is 16.0. The Bertz CT molecular complexity index is 1500. The Morgan fingerprint density at radius 2 is 1.27 bits per heavy atom. The summed E-state index contributed by atoms with van der Waals surface area (Å²) in [6.07, 6.45) is 3.38. The van der Waals surface area contributed by atoms with E-state index in [9.17, 15) is 0 Å². The Morgan fingerprint density at radius 1 is 0.636 bits per heavy atom. The van der Waals surface area contributed by atoms with E-state index in [1.54, 1.807) is 30.5 Å². The lowest BCUT2D eigenvalue weighted by Crippen LogP contribution is -1.87. The molecule has 0 unspecified atom stereocenters. The zero-order valence-corrected chi connectivity index (χ0v) is 17.8. The van der Waals surface area contributed by atoms with E-state index in [4.69, 9.17) is 20.3 Å². The summed E-state index contributed by atoms with van der Waals surface area (Å²) in [5.41, 5.74) is 18.1. The van der Waals surface area contributed by atoms with Gasteiger partial charge in [0.2, 0.25) is 11.8 Å². The Morgan fingerprint density at radius 3 is 1.94 bits per heavy atom. The zero-order valence-electron chi connectivity index (χ0n) is 17.8. The van der Waals surface area contributed by atoms with Gasteiger partial charge in [-0.25, -0.2) is 15.0 Å². The summed E-state index contributed by atoms with van der Waals surface area (Å²) in [7, 11) is 0. The van der Waals surface area contributed by atoms with Crippen LogP contribution in [-0.2, 0) is 0 Å². The molecule has 0 fully saturated rings. The highest BCUT2D eigenvalue weighted by Crippen LogP contribution is 2.25. The van der Waals surface area contributed by atoms with E-state index < -0.39 is 0 Å². The molecule has 6 rings (SSSR count). The molecule has 0 spiro atoms. The SMILES string of the molecule is Cc1ccc(-c2nc3ccccc3o2)nc1.Nc1ccc(-c2nc3ccc(N)cc3o2)nc1. The van der Waals surface area contributed by atoms with Gasteiger partial charge in [0, 0.05) is 18.0 Å². The number of pyridine rings is 2. The molecule has 0 aliphatic carbocycles. The topological polar surface area (TPSA) is 130 Å². The predicted molar refractivity (Wildman–Crippen MR) is 128 cm³/mol. The Labute approximate surface area is 188 Å². The van der Waals surface area contributed by atoms with Gasteiger partial charge in [0.1, 0.15) is 22.4 Å². The first kappa shape index (κ1) is 20.2. The number of aromatic nitrogens is 4. The average molecular weight is 436 g/mol. The largest absolute Gasteiger partial charge is 0.435 e. The quantitative estimate of drug-likeness (QED) is 0.352. The Kier molecular flexibility index (Phi) is 5.16. The fraction of sp³-hybridized carbons (Fsp3) is 0.0400. The molecule has 0 amide bonds. The molecule has 4 N–H and O–H groups in total. The van der Waals surface area contributed by atoms with Gasteiger partial charge in [0.15, 0.2) is 11.2 Å². The highest BCUT2D eigenvalue weighted by Gasteiger charge is 2.09. The van der Waals surface area contributed by atoms with Crippen LogP contribution < -0.4 is 11.5 Å². The second-order valence-electron chi connectivity index (χ2n) is 7.43. The maximum atomic E-state index is 5.67. The van der Waals surface area contributed by atoms with E-state index in [1.165, 1.54) is 0 Å². The minimum atomic E-state index is 0.464. The third-order valence-electron chi connectivity index (χ3n) is 4.84. The van der Waals surface area contributed by atoms with E-state index in [-0.39, 0.29) is 0 Å². The molecule has 4 aromatic heterocycles. The second kappa shape index (κ2) is 8.43. The van der Waals surface area contributed by atoms with Crippen molar-refractivity contribution in [3.63, 3.8) is 0 Å². The summed E-state index contributed by atoms with van der Waals surface area (Å²) in [6.45, 7) is 2.00. The average Bonchev–Trinajstić information content (AvgIpc) is 3.44. The molecule has 8 heteroatoms. The Balaban J connectivity index is 0.000000139. The first-order valence-corrected chi connectivity index (χ1v) is 10.2. The molecule has 0 saturated heterocycles. The summed E-state index contributed by atoms with van der Waals surface area (Å²) in [5, 5.41) is 0. The van der Waals surface area contributed by atoms with Gasteiger partial charge in [-0.05, 0) is 55.0 Å². The summed E-state index contributed by atoms with van der Waals surface area (Å²) < 4.78 is 11.2. The van der Waals surface area contributed by atoms with Crippen LogP contribution in [0.4, 0.5) is 11.4 Å². The van der Waals surface area contributed by atoms with Crippen molar-refractivity contribution in [3.8, 4) is 23.2 Å². The van der Waals surface area contributed by atoms with E-state index in [0.717, 1.165) is 27.9 Å². The highest BCUT2D eigenvalue weighted by molar-refractivity contribution is 5.79. The molecule has 0 aliphatic heterocycles. The molecule has 0 radical (unpaired) electrons. The highest BCUT2D eigenvalue weighted by atomic mass is 16.4. The number of oxazole rings is 2. The van der Waals surface area contributed by atoms with E-state index in [2.05, 4.69) is 19.9 Å². The molecule has 2 aromatic carbocycles. The molecule has 0 bridgehead atoms. The van der Waals surface area contributed by atoms with Crippen LogP contribution in [0.15, 0.2) is 88.0 Å². The lowest BCUT2D eigenvalue weighted by Gasteiger charge is -1.94. The fourth-order valence-electron chi connectivity index (χ4n) is 3.16. The number of hydrogen-bond donors (Lipinski definition) is 2. The van der Waals surface area contributed by atoms with Crippen molar-refractivity contribution in [1.29, 1.82) is 0 Å². The van der Waals surface area contributed by atoms with E-state index in [1.807, 2.05) is 55.6 Å². The van der Waals surface area contributed by atoms with Crippen molar-refractivity contribution in [2.24, 2.45) is 0 Å². The molecule has 6 aromatic rings. The zero-order chi connectivity index (χ0) is 22.8. The molecule has 0 atom stereocenters. The molecule has 33 heavy (non-hydrogen) atoms. The van der Waals surface area contributed by atoms with Crippen molar-refractivity contribution < 1.29 is 8.83 Å². The molecular formula is C25H20N6O2. The minimum Gasteiger partial charge on any atom is -0.435 e. The van der Waals surface area contributed by atoms with Crippen LogP contribution in [0.1, 0.15) is 5.56 Å². The molecule has 0 saturated carbocycles. The lowest BCUT2D eigenvalue weighted by atomic mass is 10.3. The number of benzene rings is 2. The van der Waals surface area contributed by atoms with Gasteiger partial charge in [-0.2, -0.15) is 0 Å². The minimum absolute atomic E-state index is 0.464. The van der Waals surface area contributed by atoms with Crippen molar-refractivity contribution in [2.75, 3.05) is 11.5 Å². The molecule has 8 nitrogen and oxygen atoms in total. The Hall–Kier alpha value is -4.72. The van der Waals surface area contributed by atoms with Crippen molar-refractivity contribution in [2.45, 2.75) is 6.92 Å². The van der Waals surface area contributed by atoms with Crippen LogP contribution in [0.25, 0.3) is 45.4 Å². The number of aryl methyl sites for hydroxylation is 1. The third-order valence-corrected chi connectivity index (χ3v) is 4.84. The van der Waals surface area contributed by atoms with Crippen LogP contribution in [0.5, 0.6) is 0 Å². The number of anilines is 2. The number of fused-ring (bicyclic) bond motifs is 2. The lowest BCUT2D eigenvalue weighted by molar-refractivity contribution is 0.616. The number of rotatable bonds is 2. The molecular weight excluding hydrogens is 416 g/mol. The van der Waals surface area contributed by atoms with Gasteiger partial charge in [-0.1, -0.05) is 18.2 Å². The fourth-order valence-corrected chi connectivity index (χ4v) is 3.16. The summed E-state index contributed by atoms with van der Waals surface area (Å²) >= 11 is 0. The van der Waals surface area contributed by atoms with E-state index >= 15 is 0 Å². The van der Waals surface area contributed by atoms with Gasteiger partial charge in [-0.3, -0.25) is 4.98 Å². The van der Waals surface area contributed by atoms with Crippen LogP contribution in [0.2, 0.25) is 0 Å². The van der Waals surface area contributed by atoms with Gasteiger partial charge in [0.25, 0.3) is 0 Å². The monoisotopic (exact) mass is 436 g/mol. The second-order valence-corrected chi connectivity index (χ2v) is 7.43. The standard InChI is InChI=1S/C13H10N2O.C12H10N4O/c1-9-6-7-11(14-8-9)13-15-10-4-2-3-5-12(10)16-13;13-7-1-3-9-11(5-7)17-12(16-9)10-4-2-8(14)6-15-10/h2-8H,1H3;1-6H,13-14H2. The van der Waals surface area contributed by atoms with Gasteiger partial charge in [-0.15, -0.1) is 0 Å². The number of nitrogens with zero attached hydrogens (tertiary/aromatic N) is 4. The molecule has 0 aliphatic rings. The van der Waals surface area contributed by atoms with Crippen molar-refractivity contribution in [3.05, 3.63) is 84.7 Å². The van der Waals surface area contributed by atoms with Crippen LogP contribution in [0, 0.1) is 6.92 Å². The van der Waals surface area contributed by atoms with E-state index in [0.29, 0.717) is 34.4 Å². The molecule has 162 valence electrons. The van der Waals surface area contributed by atoms with Crippen LogP contribution in [0.3, 0.4) is 0 Å². The smallest absolute Gasteiger partial charge is 0.246 e. The molecule has 4 heterocycles. The number of hydrogen-bond acceptors (Lipinski definition) is 8. The summed E-state index contributed by atoms with van der Waals surface area (Å²) in [4.78, 5) is 17.2. The number of nitrogens with two attached hydrogens (primary N) is 2. The van der Waals surface area contributed by atoms with Gasteiger partial charge < -0.3 is 20.3 Å². The third kappa shape index (κ3) is 4.35.